The van der Waals surface area contributed by atoms with Crippen LogP contribution in [-0.2, 0) is 6.18 Å². The van der Waals surface area contributed by atoms with Crippen LogP contribution in [0.4, 0.5) is 19.1 Å². The standard InChI is InChI=1S/C22H27F3N4O2/c1-14-10-18(11-15(2)19(14)20(26)30)31-9-3-4-16-5-7-29(8-6-16)21-27-12-17(13-28-21)22(23,24)25/h10-13,16H,3-9H2,1-2H3,(H2,26,30). The van der Waals surface area contributed by atoms with E-state index >= 15 is 0 Å². The number of aromatic nitrogens is 2. The van der Waals surface area contributed by atoms with Gasteiger partial charge in [-0.1, -0.05) is 0 Å². The summed E-state index contributed by atoms with van der Waals surface area (Å²) in [5.74, 6) is 1.18. The van der Waals surface area contributed by atoms with Crippen LogP contribution in [0.25, 0.3) is 0 Å². The Hall–Kier alpha value is -2.84. The monoisotopic (exact) mass is 436 g/mol. The van der Waals surface area contributed by atoms with Crippen molar-refractivity contribution in [2.45, 2.75) is 45.7 Å². The highest BCUT2D eigenvalue weighted by Gasteiger charge is 2.31. The average Bonchev–Trinajstić information content (AvgIpc) is 2.70. The number of halogens is 3. The zero-order valence-corrected chi connectivity index (χ0v) is 17.7. The summed E-state index contributed by atoms with van der Waals surface area (Å²) in [7, 11) is 0. The Morgan fingerprint density at radius 1 is 1.16 bits per heavy atom. The molecule has 0 spiro atoms. The molecular weight excluding hydrogens is 409 g/mol. The van der Waals surface area contributed by atoms with Crippen LogP contribution in [0.1, 0.15) is 52.7 Å². The maximum atomic E-state index is 12.6. The number of nitrogens with zero attached hydrogens (tertiary/aromatic N) is 3. The number of rotatable bonds is 7. The molecule has 0 radical (unpaired) electrons. The molecule has 0 unspecified atom stereocenters. The van der Waals surface area contributed by atoms with Crippen molar-refractivity contribution in [1.29, 1.82) is 0 Å². The molecule has 1 aliphatic rings. The summed E-state index contributed by atoms with van der Waals surface area (Å²) < 4.78 is 43.8. The summed E-state index contributed by atoms with van der Waals surface area (Å²) in [4.78, 5) is 21.2. The lowest BCUT2D eigenvalue weighted by Crippen LogP contribution is -2.35. The lowest BCUT2D eigenvalue weighted by Gasteiger charge is -2.32. The third-order valence-electron chi connectivity index (χ3n) is 5.64. The highest BCUT2D eigenvalue weighted by molar-refractivity contribution is 5.96. The van der Waals surface area contributed by atoms with Crippen molar-refractivity contribution in [2.24, 2.45) is 11.7 Å². The average molecular weight is 436 g/mol. The van der Waals surface area contributed by atoms with Crippen LogP contribution in [0.5, 0.6) is 5.75 Å². The van der Waals surface area contributed by atoms with Gasteiger partial charge in [0.15, 0.2) is 0 Å². The molecule has 168 valence electrons. The molecule has 0 saturated carbocycles. The van der Waals surface area contributed by atoms with Gasteiger partial charge >= 0.3 is 6.18 Å². The molecule has 1 amide bonds. The molecule has 3 rings (SSSR count). The van der Waals surface area contributed by atoms with Crippen LogP contribution in [0.2, 0.25) is 0 Å². The Morgan fingerprint density at radius 3 is 2.26 bits per heavy atom. The maximum Gasteiger partial charge on any atom is 0.419 e. The van der Waals surface area contributed by atoms with Gasteiger partial charge in [-0.3, -0.25) is 4.79 Å². The zero-order valence-electron chi connectivity index (χ0n) is 17.7. The Kier molecular flexibility index (Phi) is 7.02. The largest absolute Gasteiger partial charge is 0.494 e. The molecule has 2 heterocycles. The Balaban J connectivity index is 1.41. The van der Waals surface area contributed by atoms with E-state index in [1.807, 2.05) is 30.9 Å². The first-order valence-electron chi connectivity index (χ1n) is 10.3. The van der Waals surface area contributed by atoms with Gasteiger partial charge in [0, 0.05) is 31.0 Å². The maximum absolute atomic E-state index is 12.6. The van der Waals surface area contributed by atoms with Crippen molar-refractivity contribution in [2.75, 3.05) is 24.6 Å². The van der Waals surface area contributed by atoms with E-state index in [0.29, 0.717) is 24.0 Å². The lowest BCUT2D eigenvalue weighted by atomic mass is 9.92. The zero-order chi connectivity index (χ0) is 22.6. The van der Waals surface area contributed by atoms with E-state index in [0.717, 1.165) is 68.0 Å². The molecule has 0 aliphatic carbocycles. The highest BCUT2D eigenvalue weighted by atomic mass is 19.4. The van der Waals surface area contributed by atoms with E-state index in [9.17, 15) is 18.0 Å². The van der Waals surface area contributed by atoms with Crippen LogP contribution in [0.3, 0.4) is 0 Å². The number of hydrogen-bond acceptors (Lipinski definition) is 5. The van der Waals surface area contributed by atoms with Crippen LogP contribution in [0, 0.1) is 19.8 Å². The van der Waals surface area contributed by atoms with Gasteiger partial charge in [0.25, 0.3) is 0 Å². The third kappa shape index (κ3) is 5.86. The molecule has 2 N–H and O–H groups in total. The molecule has 1 saturated heterocycles. The van der Waals surface area contributed by atoms with Gasteiger partial charge in [-0.2, -0.15) is 13.2 Å². The number of nitrogens with two attached hydrogens (primary N) is 1. The van der Waals surface area contributed by atoms with Gasteiger partial charge in [0.05, 0.1) is 12.2 Å². The van der Waals surface area contributed by atoms with E-state index in [-0.39, 0.29) is 0 Å². The number of aryl methyl sites for hydroxylation is 2. The molecule has 9 heteroatoms. The normalized spacial score (nSPS) is 15.2. The minimum atomic E-state index is -4.42. The predicted octanol–water partition coefficient (Wildman–Crippen LogP) is 4.29. The fraction of sp³-hybridized carbons (Fsp3) is 0.500. The first-order valence-corrected chi connectivity index (χ1v) is 10.3. The van der Waals surface area contributed by atoms with Crippen molar-refractivity contribution in [3.8, 4) is 5.75 Å². The van der Waals surface area contributed by atoms with Gasteiger partial charge in [-0.05, 0) is 68.7 Å². The molecule has 6 nitrogen and oxygen atoms in total. The van der Waals surface area contributed by atoms with Crippen molar-refractivity contribution in [3.63, 3.8) is 0 Å². The number of piperidine rings is 1. The predicted molar refractivity (Wildman–Crippen MR) is 111 cm³/mol. The summed E-state index contributed by atoms with van der Waals surface area (Å²) in [5, 5.41) is 0. The summed E-state index contributed by atoms with van der Waals surface area (Å²) in [6.07, 6.45) is 1.05. The van der Waals surface area contributed by atoms with Crippen LogP contribution in [0.15, 0.2) is 24.5 Å². The lowest BCUT2D eigenvalue weighted by molar-refractivity contribution is -0.138. The van der Waals surface area contributed by atoms with Crippen molar-refractivity contribution >= 4 is 11.9 Å². The number of amides is 1. The summed E-state index contributed by atoms with van der Waals surface area (Å²) in [6.45, 7) is 5.72. The number of carbonyl (C=O) groups excluding carboxylic acids is 1. The molecule has 0 bridgehead atoms. The first-order chi connectivity index (χ1) is 14.6. The third-order valence-corrected chi connectivity index (χ3v) is 5.64. The molecule has 2 aromatic rings. The quantitative estimate of drug-likeness (QED) is 0.655. The SMILES string of the molecule is Cc1cc(OCCCC2CCN(c3ncc(C(F)(F)F)cn3)CC2)cc(C)c1C(N)=O. The second-order valence-electron chi connectivity index (χ2n) is 7.99. The number of ether oxygens (including phenoxy) is 1. The Morgan fingerprint density at radius 2 is 1.74 bits per heavy atom. The molecular formula is C22H27F3N4O2. The minimum absolute atomic E-state index is 0.347. The Labute approximate surface area is 179 Å². The summed E-state index contributed by atoms with van der Waals surface area (Å²) >= 11 is 0. The second-order valence-corrected chi connectivity index (χ2v) is 7.99. The summed E-state index contributed by atoms with van der Waals surface area (Å²) in [5.41, 5.74) is 6.72. The van der Waals surface area contributed by atoms with Crippen LogP contribution >= 0.6 is 0 Å². The van der Waals surface area contributed by atoms with Crippen molar-refractivity contribution < 1.29 is 22.7 Å². The summed E-state index contributed by atoms with van der Waals surface area (Å²) in [6, 6.07) is 3.66. The number of primary amides is 1. The molecule has 1 aliphatic heterocycles. The number of carbonyl (C=O) groups is 1. The van der Waals surface area contributed by atoms with E-state index in [4.69, 9.17) is 10.5 Å². The van der Waals surface area contributed by atoms with Crippen LogP contribution < -0.4 is 15.4 Å². The number of anilines is 1. The van der Waals surface area contributed by atoms with Gasteiger partial charge in [-0.25, -0.2) is 9.97 Å². The molecule has 0 atom stereocenters. The molecule has 1 aromatic heterocycles. The molecule has 1 fully saturated rings. The van der Waals surface area contributed by atoms with Crippen molar-refractivity contribution in [3.05, 3.63) is 46.8 Å². The van der Waals surface area contributed by atoms with E-state index in [1.54, 1.807) is 0 Å². The van der Waals surface area contributed by atoms with E-state index in [2.05, 4.69) is 9.97 Å². The fourth-order valence-electron chi connectivity index (χ4n) is 4.01. The number of alkyl halides is 3. The van der Waals surface area contributed by atoms with Gasteiger partial charge in [-0.15, -0.1) is 0 Å². The Bertz CT molecular complexity index is 885. The second kappa shape index (κ2) is 9.53. The topological polar surface area (TPSA) is 81.3 Å². The number of hydrogen-bond donors (Lipinski definition) is 1. The van der Waals surface area contributed by atoms with Gasteiger partial charge in [0.1, 0.15) is 5.75 Å². The molecule has 1 aromatic carbocycles. The highest BCUT2D eigenvalue weighted by Crippen LogP contribution is 2.29. The van der Waals surface area contributed by atoms with Gasteiger partial charge < -0.3 is 15.4 Å². The van der Waals surface area contributed by atoms with E-state index in [1.165, 1.54) is 0 Å². The van der Waals surface area contributed by atoms with Gasteiger partial charge in [0.2, 0.25) is 11.9 Å². The van der Waals surface area contributed by atoms with Crippen molar-refractivity contribution in [1.82, 2.24) is 9.97 Å². The minimum Gasteiger partial charge on any atom is -0.494 e. The fourth-order valence-corrected chi connectivity index (χ4v) is 4.01. The molecule has 31 heavy (non-hydrogen) atoms. The number of benzene rings is 1. The van der Waals surface area contributed by atoms with Crippen LogP contribution in [-0.4, -0.2) is 35.6 Å². The smallest absolute Gasteiger partial charge is 0.419 e. The first kappa shape index (κ1) is 22.8. The van der Waals surface area contributed by atoms with E-state index < -0.39 is 17.6 Å².